The van der Waals surface area contributed by atoms with Gasteiger partial charge in [0.25, 0.3) is 0 Å². The van der Waals surface area contributed by atoms with Crippen LogP contribution < -0.4 is 5.43 Å². The third-order valence-electron chi connectivity index (χ3n) is 3.15. The Morgan fingerprint density at radius 3 is 2.60 bits per heavy atom. The van der Waals surface area contributed by atoms with Gasteiger partial charge in [0.05, 0.1) is 6.61 Å². The van der Waals surface area contributed by atoms with E-state index >= 15 is 0 Å². The van der Waals surface area contributed by atoms with E-state index in [2.05, 4.69) is 4.98 Å². The Kier molecular flexibility index (Phi) is 4.35. The van der Waals surface area contributed by atoms with Crippen molar-refractivity contribution < 1.29 is 9.53 Å². The number of aromatic nitrogens is 1. The highest BCUT2D eigenvalue weighted by molar-refractivity contribution is 5.89. The van der Waals surface area contributed by atoms with E-state index in [0.29, 0.717) is 12.0 Å². The maximum Gasteiger partial charge on any atom is 0.343 e. The first-order valence-electron chi connectivity index (χ1n) is 6.55. The molecule has 0 aliphatic rings. The number of carbonyl (C=O) groups is 1. The van der Waals surface area contributed by atoms with E-state index in [1.807, 2.05) is 30.3 Å². The maximum absolute atomic E-state index is 12.2. The van der Waals surface area contributed by atoms with Crippen LogP contribution in [-0.4, -0.2) is 17.6 Å². The minimum Gasteiger partial charge on any atom is -0.462 e. The lowest BCUT2D eigenvalue weighted by molar-refractivity contribution is 0.0524. The number of H-pyrrole nitrogens is 1. The molecule has 0 radical (unpaired) electrons. The first-order chi connectivity index (χ1) is 9.63. The van der Waals surface area contributed by atoms with Crippen molar-refractivity contribution >= 4 is 5.97 Å². The molecule has 0 aliphatic carbocycles. The Morgan fingerprint density at radius 2 is 1.95 bits per heavy atom. The Labute approximate surface area is 117 Å². The van der Waals surface area contributed by atoms with Crippen molar-refractivity contribution in [1.29, 1.82) is 0 Å². The molecule has 4 nitrogen and oxygen atoms in total. The zero-order valence-corrected chi connectivity index (χ0v) is 11.6. The highest BCUT2D eigenvalue weighted by Crippen LogP contribution is 2.10. The number of ether oxygens (including phenoxy) is 1. The molecule has 0 spiro atoms. The number of hydrogen-bond acceptors (Lipinski definition) is 3. The summed E-state index contributed by atoms with van der Waals surface area (Å²) in [5, 5.41) is 0. The highest BCUT2D eigenvalue weighted by Gasteiger charge is 2.15. The van der Waals surface area contributed by atoms with E-state index in [-0.39, 0.29) is 17.6 Å². The molecule has 0 unspecified atom stereocenters. The molecule has 0 saturated heterocycles. The monoisotopic (exact) mass is 271 g/mol. The molecule has 20 heavy (non-hydrogen) atoms. The molecule has 1 N–H and O–H groups in total. The second-order valence-corrected chi connectivity index (χ2v) is 4.52. The minimum absolute atomic E-state index is 0.0566. The van der Waals surface area contributed by atoms with Crippen LogP contribution in [0, 0.1) is 6.92 Å². The topological polar surface area (TPSA) is 59.2 Å². The van der Waals surface area contributed by atoms with Gasteiger partial charge in [0.15, 0.2) is 5.43 Å². The Hall–Kier alpha value is -2.36. The summed E-state index contributed by atoms with van der Waals surface area (Å²) in [4.78, 5) is 26.9. The SMILES string of the molecule is CCOC(=O)c1c[nH]c(Cc2ccccc2)c(C)c1=O. The number of pyridine rings is 1. The summed E-state index contributed by atoms with van der Waals surface area (Å²) in [7, 11) is 0. The van der Waals surface area contributed by atoms with Gasteiger partial charge in [-0.05, 0) is 19.4 Å². The first kappa shape index (κ1) is 14.1. The fraction of sp³-hybridized carbons (Fsp3) is 0.250. The van der Waals surface area contributed by atoms with Gasteiger partial charge in [0.2, 0.25) is 0 Å². The van der Waals surface area contributed by atoms with Gasteiger partial charge < -0.3 is 9.72 Å². The van der Waals surface area contributed by atoms with Crippen molar-refractivity contribution in [2.24, 2.45) is 0 Å². The average molecular weight is 271 g/mol. The quantitative estimate of drug-likeness (QED) is 0.869. The van der Waals surface area contributed by atoms with E-state index < -0.39 is 5.97 Å². The summed E-state index contributed by atoms with van der Waals surface area (Å²) in [6.07, 6.45) is 2.07. The van der Waals surface area contributed by atoms with Crippen molar-refractivity contribution in [2.45, 2.75) is 20.3 Å². The lowest BCUT2D eigenvalue weighted by atomic mass is 10.0. The van der Waals surface area contributed by atoms with Crippen LogP contribution in [0.4, 0.5) is 0 Å². The van der Waals surface area contributed by atoms with Crippen LogP contribution in [0.3, 0.4) is 0 Å². The molecule has 0 fully saturated rings. The van der Waals surface area contributed by atoms with Gasteiger partial charge in [0.1, 0.15) is 5.56 Å². The minimum atomic E-state index is -0.580. The smallest absolute Gasteiger partial charge is 0.343 e. The van der Waals surface area contributed by atoms with Crippen molar-refractivity contribution in [3.63, 3.8) is 0 Å². The lowest BCUT2D eigenvalue weighted by Crippen LogP contribution is -2.21. The van der Waals surface area contributed by atoms with E-state index in [1.165, 1.54) is 6.20 Å². The molecule has 1 aromatic carbocycles. The molecule has 2 rings (SSSR count). The summed E-state index contributed by atoms with van der Waals surface area (Å²) in [6, 6.07) is 9.85. The van der Waals surface area contributed by atoms with Crippen LogP contribution in [0.1, 0.15) is 34.1 Å². The zero-order valence-electron chi connectivity index (χ0n) is 11.6. The standard InChI is InChI=1S/C16H17NO3/c1-3-20-16(19)13-10-17-14(11(2)15(13)18)9-12-7-5-4-6-8-12/h4-8,10H,3,9H2,1-2H3,(H,17,18). The van der Waals surface area contributed by atoms with Crippen molar-refractivity contribution in [1.82, 2.24) is 4.98 Å². The summed E-state index contributed by atoms with van der Waals surface area (Å²) < 4.78 is 4.86. The summed E-state index contributed by atoms with van der Waals surface area (Å²) in [5.41, 5.74) is 2.26. The van der Waals surface area contributed by atoms with Gasteiger partial charge in [-0.2, -0.15) is 0 Å². The number of hydrogen-bond donors (Lipinski definition) is 1. The van der Waals surface area contributed by atoms with Crippen LogP contribution in [0.25, 0.3) is 0 Å². The van der Waals surface area contributed by atoms with Crippen LogP contribution in [0.2, 0.25) is 0 Å². The Balaban J connectivity index is 2.32. The molecule has 4 heteroatoms. The third kappa shape index (κ3) is 2.96. The number of esters is 1. The molecule has 0 bridgehead atoms. The largest absolute Gasteiger partial charge is 0.462 e. The average Bonchev–Trinajstić information content (AvgIpc) is 2.45. The molecular formula is C16H17NO3. The van der Waals surface area contributed by atoms with Crippen LogP contribution in [0.5, 0.6) is 0 Å². The van der Waals surface area contributed by atoms with Crippen molar-refractivity contribution in [2.75, 3.05) is 6.61 Å². The second-order valence-electron chi connectivity index (χ2n) is 4.52. The summed E-state index contributed by atoms with van der Waals surface area (Å²) in [5.74, 6) is -0.580. The van der Waals surface area contributed by atoms with Crippen molar-refractivity contribution in [3.8, 4) is 0 Å². The zero-order chi connectivity index (χ0) is 14.5. The number of nitrogens with one attached hydrogen (secondary N) is 1. The fourth-order valence-electron chi connectivity index (χ4n) is 2.02. The Bertz CT molecular complexity index is 659. The van der Waals surface area contributed by atoms with E-state index in [9.17, 15) is 9.59 Å². The van der Waals surface area contributed by atoms with Crippen molar-refractivity contribution in [3.05, 3.63) is 69.1 Å². The number of benzene rings is 1. The first-order valence-corrected chi connectivity index (χ1v) is 6.55. The van der Waals surface area contributed by atoms with E-state index in [4.69, 9.17) is 4.74 Å². The molecule has 1 aromatic heterocycles. The van der Waals surface area contributed by atoms with Gasteiger partial charge in [-0.15, -0.1) is 0 Å². The Morgan fingerprint density at radius 1 is 1.25 bits per heavy atom. The highest BCUT2D eigenvalue weighted by atomic mass is 16.5. The second kappa shape index (κ2) is 6.19. The predicted molar refractivity (Wildman–Crippen MR) is 77.0 cm³/mol. The van der Waals surface area contributed by atoms with Gasteiger partial charge in [-0.25, -0.2) is 4.79 Å². The molecule has 0 saturated carbocycles. The maximum atomic E-state index is 12.2. The molecule has 0 atom stereocenters. The normalized spacial score (nSPS) is 10.3. The van der Waals surface area contributed by atoms with Gasteiger partial charge in [-0.1, -0.05) is 30.3 Å². The molecule has 1 heterocycles. The van der Waals surface area contributed by atoms with Gasteiger partial charge >= 0.3 is 5.97 Å². The van der Waals surface area contributed by atoms with E-state index in [1.54, 1.807) is 13.8 Å². The molecule has 104 valence electrons. The van der Waals surface area contributed by atoms with Crippen LogP contribution in [0.15, 0.2) is 41.3 Å². The van der Waals surface area contributed by atoms with E-state index in [0.717, 1.165) is 11.3 Å². The van der Waals surface area contributed by atoms with Gasteiger partial charge in [-0.3, -0.25) is 4.79 Å². The molecule has 2 aromatic rings. The summed E-state index contributed by atoms with van der Waals surface area (Å²) in [6.45, 7) is 3.69. The lowest BCUT2D eigenvalue weighted by Gasteiger charge is -2.08. The van der Waals surface area contributed by atoms with Crippen LogP contribution in [-0.2, 0) is 11.2 Å². The third-order valence-corrected chi connectivity index (χ3v) is 3.15. The number of rotatable bonds is 4. The summed E-state index contributed by atoms with van der Waals surface area (Å²) >= 11 is 0. The molecular weight excluding hydrogens is 254 g/mol. The molecule has 0 amide bonds. The number of carbonyl (C=O) groups excluding carboxylic acids is 1. The molecule has 0 aliphatic heterocycles. The fourth-order valence-corrected chi connectivity index (χ4v) is 2.02. The van der Waals surface area contributed by atoms with Gasteiger partial charge in [0, 0.05) is 23.9 Å². The number of aromatic amines is 1. The predicted octanol–water partition coefficient (Wildman–Crippen LogP) is 2.45. The van der Waals surface area contributed by atoms with Crippen LogP contribution >= 0.6 is 0 Å².